The quantitative estimate of drug-likeness (QED) is 0.785. The van der Waals surface area contributed by atoms with Crippen molar-refractivity contribution in [2.75, 3.05) is 6.61 Å². The lowest BCUT2D eigenvalue weighted by Gasteiger charge is -2.30. The van der Waals surface area contributed by atoms with Crippen LogP contribution in [-0.2, 0) is 0 Å². The zero-order valence-corrected chi connectivity index (χ0v) is 11.2. The van der Waals surface area contributed by atoms with Crippen LogP contribution in [0.25, 0.3) is 11.0 Å². The van der Waals surface area contributed by atoms with Gasteiger partial charge in [-0.3, -0.25) is 4.79 Å². The largest absolute Gasteiger partial charge is 0.396 e. The highest BCUT2D eigenvalue weighted by Crippen LogP contribution is 2.24. The van der Waals surface area contributed by atoms with Gasteiger partial charge < -0.3 is 10.4 Å². The van der Waals surface area contributed by atoms with Crippen molar-refractivity contribution in [1.29, 1.82) is 0 Å². The average molecular weight is 274 g/mol. The van der Waals surface area contributed by atoms with Crippen molar-refractivity contribution < 1.29 is 9.90 Å². The Balaban J connectivity index is 1.74. The monoisotopic (exact) mass is 274 g/mol. The van der Waals surface area contributed by atoms with E-state index < -0.39 is 0 Å². The van der Waals surface area contributed by atoms with E-state index in [4.69, 9.17) is 0 Å². The number of aliphatic hydroxyl groups excluding tert-OH is 1. The molecule has 1 fully saturated rings. The van der Waals surface area contributed by atoms with E-state index in [1.807, 2.05) is 0 Å². The predicted octanol–water partition coefficient (Wildman–Crippen LogP) is 1.24. The van der Waals surface area contributed by atoms with Crippen LogP contribution in [0.5, 0.6) is 0 Å². The van der Waals surface area contributed by atoms with Crippen LogP contribution in [0.4, 0.5) is 0 Å². The molecule has 6 nitrogen and oxygen atoms in total. The third-order valence-electron chi connectivity index (χ3n) is 4.04. The van der Waals surface area contributed by atoms with E-state index in [1.165, 1.54) is 0 Å². The molecule has 106 valence electrons. The van der Waals surface area contributed by atoms with Crippen molar-refractivity contribution in [2.45, 2.75) is 31.7 Å². The van der Waals surface area contributed by atoms with Crippen molar-refractivity contribution in [3.63, 3.8) is 0 Å². The maximum atomic E-state index is 12.3. The van der Waals surface area contributed by atoms with Crippen LogP contribution in [0, 0.1) is 5.92 Å². The summed E-state index contributed by atoms with van der Waals surface area (Å²) >= 11 is 0. The third kappa shape index (κ3) is 2.51. The molecule has 1 aliphatic carbocycles. The summed E-state index contributed by atoms with van der Waals surface area (Å²) in [6, 6.07) is 5.31. The van der Waals surface area contributed by atoms with Crippen molar-refractivity contribution >= 4 is 16.9 Å². The normalized spacial score (nSPS) is 22.9. The van der Waals surface area contributed by atoms with Gasteiger partial charge in [0.15, 0.2) is 0 Å². The van der Waals surface area contributed by atoms with Gasteiger partial charge >= 0.3 is 0 Å². The van der Waals surface area contributed by atoms with Gasteiger partial charge in [0, 0.05) is 24.1 Å². The molecule has 1 saturated carbocycles. The fourth-order valence-electron chi connectivity index (χ4n) is 2.85. The lowest BCUT2D eigenvalue weighted by molar-refractivity contribution is 0.0872. The maximum Gasteiger partial charge on any atom is 0.251 e. The number of rotatable bonds is 3. The van der Waals surface area contributed by atoms with Gasteiger partial charge in [0.1, 0.15) is 11.0 Å². The number of nitrogens with one attached hydrogen (secondary N) is 2. The molecule has 0 aliphatic heterocycles. The minimum Gasteiger partial charge on any atom is -0.396 e. The molecule has 6 heteroatoms. The zero-order chi connectivity index (χ0) is 13.9. The maximum absolute atomic E-state index is 12.3. The molecule has 1 amide bonds. The van der Waals surface area contributed by atoms with Crippen LogP contribution in [0.15, 0.2) is 18.2 Å². The molecule has 2 aromatic rings. The minimum absolute atomic E-state index is 0.0641. The van der Waals surface area contributed by atoms with E-state index in [0.717, 1.165) is 31.2 Å². The number of fused-ring (bicyclic) bond motifs is 1. The van der Waals surface area contributed by atoms with E-state index in [1.54, 1.807) is 18.2 Å². The number of hydrogen-bond acceptors (Lipinski definition) is 4. The molecule has 20 heavy (non-hydrogen) atoms. The molecule has 1 heterocycles. The minimum atomic E-state index is -0.111. The standard InChI is InChI=1S/C14H18N4O2/c19-8-10-3-1-2-4-11(10)15-14(20)9-5-6-12-13(7-9)17-18-16-12/h5-7,10-11,19H,1-4,8H2,(H,15,20)(H,16,17,18). The molecule has 2 unspecified atom stereocenters. The number of carbonyl (C=O) groups excluding carboxylic acids is 1. The van der Waals surface area contributed by atoms with Crippen molar-refractivity contribution in [3.8, 4) is 0 Å². The SMILES string of the molecule is O=C(NC1CCCCC1CO)c1ccc2n[nH]nc2c1. The number of aliphatic hydroxyl groups is 1. The van der Waals surface area contributed by atoms with Gasteiger partial charge in [-0.25, -0.2) is 0 Å². The zero-order valence-electron chi connectivity index (χ0n) is 11.2. The van der Waals surface area contributed by atoms with E-state index in [2.05, 4.69) is 20.7 Å². The number of nitrogens with zero attached hydrogens (tertiary/aromatic N) is 2. The van der Waals surface area contributed by atoms with Crippen LogP contribution in [0.1, 0.15) is 36.0 Å². The van der Waals surface area contributed by atoms with Gasteiger partial charge in [0.05, 0.1) is 0 Å². The Morgan fingerprint density at radius 2 is 2.10 bits per heavy atom. The molecular weight excluding hydrogens is 256 g/mol. The molecule has 1 aromatic carbocycles. The Bertz CT molecular complexity index is 610. The molecule has 1 aromatic heterocycles. The molecular formula is C14H18N4O2. The summed E-state index contributed by atoms with van der Waals surface area (Å²) in [5.41, 5.74) is 2.00. The van der Waals surface area contributed by atoms with Crippen LogP contribution in [-0.4, -0.2) is 39.1 Å². The first-order chi connectivity index (χ1) is 9.78. The fraction of sp³-hybridized carbons (Fsp3) is 0.500. The summed E-state index contributed by atoms with van der Waals surface area (Å²) < 4.78 is 0. The first-order valence-corrected chi connectivity index (χ1v) is 7.00. The summed E-state index contributed by atoms with van der Waals surface area (Å²) in [6.07, 6.45) is 4.14. The second kappa shape index (κ2) is 5.58. The Morgan fingerprint density at radius 1 is 1.30 bits per heavy atom. The second-order valence-corrected chi connectivity index (χ2v) is 5.33. The summed E-state index contributed by atoms with van der Waals surface area (Å²) in [5, 5.41) is 22.9. The fourth-order valence-corrected chi connectivity index (χ4v) is 2.85. The first kappa shape index (κ1) is 13.1. The highest BCUT2D eigenvalue weighted by Gasteiger charge is 2.26. The summed E-state index contributed by atoms with van der Waals surface area (Å²) in [6.45, 7) is 0.132. The van der Waals surface area contributed by atoms with Gasteiger partial charge in [0.25, 0.3) is 5.91 Å². The summed E-state index contributed by atoms with van der Waals surface area (Å²) in [4.78, 5) is 12.3. The van der Waals surface area contributed by atoms with Crippen molar-refractivity contribution in [2.24, 2.45) is 5.92 Å². The number of amides is 1. The van der Waals surface area contributed by atoms with Crippen LogP contribution >= 0.6 is 0 Å². The molecule has 3 N–H and O–H groups in total. The first-order valence-electron chi connectivity index (χ1n) is 7.00. The van der Waals surface area contributed by atoms with Crippen molar-refractivity contribution in [1.82, 2.24) is 20.7 Å². The average Bonchev–Trinajstić information content (AvgIpc) is 2.95. The van der Waals surface area contributed by atoms with Gasteiger partial charge in [-0.05, 0) is 31.0 Å². The molecule has 0 bridgehead atoms. The summed E-state index contributed by atoms with van der Waals surface area (Å²) in [5.74, 6) is 0.0590. The van der Waals surface area contributed by atoms with E-state index >= 15 is 0 Å². The Morgan fingerprint density at radius 3 is 2.95 bits per heavy atom. The van der Waals surface area contributed by atoms with Gasteiger partial charge in [-0.2, -0.15) is 15.4 Å². The Hall–Kier alpha value is -1.95. The predicted molar refractivity (Wildman–Crippen MR) is 74.2 cm³/mol. The number of aromatic nitrogens is 3. The molecule has 0 saturated heterocycles. The highest BCUT2D eigenvalue weighted by molar-refractivity contribution is 5.97. The number of benzene rings is 1. The number of aromatic amines is 1. The number of hydrogen-bond donors (Lipinski definition) is 3. The van der Waals surface area contributed by atoms with Gasteiger partial charge in [-0.15, -0.1) is 0 Å². The lowest BCUT2D eigenvalue weighted by atomic mass is 9.85. The Kier molecular flexibility index (Phi) is 3.64. The topological polar surface area (TPSA) is 90.9 Å². The van der Waals surface area contributed by atoms with E-state index in [0.29, 0.717) is 11.1 Å². The molecule has 1 aliphatic rings. The van der Waals surface area contributed by atoms with Gasteiger partial charge in [0.2, 0.25) is 0 Å². The molecule has 2 atom stereocenters. The third-order valence-corrected chi connectivity index (χ3v) is 4.04. The summed E-state index contributed by atoms with van der Waals surface area (Å²) in [7, 11) is 0. The molecule has 3 rings (SSSR count). The van der Waals surface area contributed by atoms with E-state index in [9.17, 15) is 9.90 Å². The number of carbonyl (C=O) groups is 1. The Labute approximate surface area is 116 Å². The van der Waals surface area contributed by atoms with Crippen molar-refractivity contribution in [3.05, 3.63) is 23.8 Å². The smallest absolute Gasteiger partial charge is 0.251 e. The molecule has 0 spiro atoms. The van der Waals surface area contributed by atoms with Crippen LogP contribution < -0.4 is 5.32 Å². The van der Waals surface area contributed by atoms with E-state index in [-0.39, 0.29) is 24.5 Å². The second-order valence-electron chi connectivity index (χ2n) is 5.33. The molecule has 0 radical (unpaired) electrons. The lowest BCUT2D eigenvalue weighted by Crippen LogP contribution is -2.43. The van der Waals surface area contributed by atoms with Crippen LogP contribution in [0.3, 0.4) is 0 Å². The van der Waals surface area contributed by atoms with Gasteiger partial charge in [-0.1, -0.05) is 12.8 Å². The highest BCUT2D eigenvalue weighted by atomic mass is 16.3. The number of H-pyrrole nitrogens is 1. The van der Waals surface area contributed by atoms with Crippen LogP contribution in [0.2, 0.25) is 0 Å².